The van der Waals surface area contributed by atoms with Crippen molar-refractivity contribution in [1.82, 2.24) is 14.8 Å². The smallest absolute Gasteiger partial charge is 0.412 e. The van der Waals surface area contributed by atoms with Gasteiger partial charge in [0, 0.05) is 32.4 Å². The molecule has 0 radical (unpaired) electrons. The van der Waals surface area contributed by atoms with Gasteiger partial charge in [-0.15, -0.1) is 0 Å². The molecule has 0 saturated heterocycles. The first-order valence-electron chi connectivity index (χ1n) is 11.9. The molecule has 1 amide bonds. The highest BCUT2D eigenvalue weighted by Crippen LogP contribution is 2.33. The lowest BCUT2D eigenvalue weighted by molar-refractivity contribution is 0.0636. The molecule has 0 aliphatic rings. The van der Waals surface area contributed by atoms with Crippen molar-refractivity contribution in [1.29, 1.82) is 0 Å². The molecule has 186 valence electrons. The van der Waals surface area contributed by atoms with Crippen LogP contribution < -0.4 is 10.9 Å². The maximum absolute atomic E-state index is 13.2. The van der Waals surface area contributed by atoms with Crippen molar-refractivity contribution in [3.63, 3.8) is 0 Å². The predicted octanol–water partition coefficient (Wildman–Crippen LogP) is 6.49. The average molecular weight is 511 g/mol. The summed E-state index contributed by atoms with van der Waals surface area (Å²) in [6.07, 6.45) is 2.98. The highest BCUT2D eigenvalue weighted by Gasteiger charge is 2.16. The second kappa shape index (κ2) is 10.1. The van der Waals surface area contributed by atoms with Crippen LogP contribution in [0.15, 0.2) is 99.8 Å². The third-order valence-corrected chi connectivity index (χ3v) is 6.59. The second-order valence-electron chi connectivity index (χ2n) is 9.62. The Kier molecular flexibility index (Phi) is 6.67. The Hall–Kier alpha value is -4.17. The number of rotatable bonds is 5. The number of aromatic nitrogens is 3. The number of amides is 1. The second-order valence-corrected chi connectivity index (χ2v) is 10.7. The van der Waals surface area contributed by atoms with Crippen LogP contribution in [0.1, 0.15) is 26.3 Å². The van der Waals surface area contributed by atoms with Gasteiger partial charge in [-0.3, -0.25) is 15.1 Å². The normalized spacial score (nSPS) is 11.5. The number of ether oxygens (including phenoxy) is 1. The maximum atomic E-state index is 13.2. The van der Waals surface area contributed by atoms with Crippen LogP contribution in [0.2, 0.25) is 0 Å². The zero-order valence-electron chi connectivity index (χ0n) is 20.8. The Labute approximate surface area is 218 Å². The van der Waals surface area contributed by atoms with E-state index in [0.29, 0.717) is 11.1 Å². The van der Waals surface area contributed by atoms with E-state index in [9.17, 15) is 9.59 Å². The van der Waals surface area contributed by atoms with E-state index >= 15 is 0 Å². The van der Waals surface area contributed by atoms with Crippen LogP contribution in [0.3, 0.4) is 0 Å². The van der Waals surface area contributed by atoms with Crippen LogP contribution >= 0.6 is 11.8 Å². The molecule has 0 spiro atoms. The highest BCUT2D eigenvalue weighted by molar-refractivity contribution is 7.99. The molecule has 0 unspecified atom stereocenters. The van der Waals surface area contributed by atoms with Gasteiger partial charge in [-0.05, 0) is 68.8 Å². The topological polar surface area (TPSA) is 86.1 Å². The number of nitrogens with zero attached hydrogens (tertiary/aromatic N) is 3. The van der Waals surface area contributed by atoms with Crippen LogP contribution in [-0.2, 0) is 11.3 Å². The largest absolute Gasteiger partial charge is 0.444 e. The number of carbonyl (C=O) groups excluding carboxylic acids is 1. The van der Waals surface area contributed by atoms with Gasteiger partial charge < -0.3 is 4.74 Å². The minimum atomic E-state index is -0.589. The molecule has 3 aromatic carbocycles. The van der Waals surface area contributed by atoms with Crippen molar-refractivity contribution in [2.24, 2.45) is 0 Å². The average Bonchev–Trinajstić information content (AvgIpc) is 2.85. The van der Waals surface area contributed by atoms with Crippen molar-refractivity contribution in [2.45, 2.75) is 42.7 Å². The number of carbonyl (C=O) groups is 1. The van der Waals surface area contributed by atoms with E-state index in [2.05, 4.69) is 15.4 Å². The quantitative estimate of drug-likeness (QED) is 0.291. The van der Waals surface area contributed by atoms with Gasteiger partial charge in [-0.1, -0.05) is 42.1 Å². The fraction of sp³-hybridized carbons (Fsp3) is 0.172. The molecule has 0 saturated carbocycles. The molecule has 0 bridgehead atoms. The molecule has 37 heavy (non-hydrogen) atoms. The molecular weight excluding hydrogens is 484 g/mol. The summed E-state index contributed by atoms with van der Waals surface area (Å²) in [5.74, 6) is 0. The molecule has 1 N–H and O–H groups in total. The third-order valence-electron chi connectivity index (χ3n) is 5.55. The van der Waals surface area contributed by atoms with Crippen LogP contribution in [0.4, 0.5) is 10.5 Å². The summed E-state index contributed by atoms with van der Waals surface area (Å²) in [7, 11) is 0. The minimum absolute atomic E-state index is 0.175. The van der Waals surface area contributed by atoms with E-state index in [4.69, 9.17) is 4.74 Å². The molecule has 7 nitrogen and oxygen atoms in total. The molecule has 0 aliphatic carbocycles. The molecule has 2 heterocycles. The predicted molar refractivity (Wildman–Crippen MR) is 147 cm³/mol. The number of hydrogen-bond donors (Lipinski definition) is 1. The summed E-state index contributed by atoms with van der Waals surface area (Å²) in [6, 6.07) is 23.1. The number of pyridine rings is 1. The van der Waals surface area contributed by atoms with E-state index in [0.717, 1.165) is 31.6 Å². The molecule has 5 aromatic rings. The summed E-state index contributed by atoms with van der Waals surface area (Å²) in [5, 5.41) is 9.60. The summed E-state index contributed by atoms with van der Waals surface area (Å²) < 4.78 is 6.74. The number of para-hydroxylation sites is 1. The Morgan fingerprint density at radius 2 is 1.81 bits per heavy atom. The summed E-state index contributed by atoms with van der Waals surface area (Å²) >= 11 is 1.61. The maximum Gasteiger partial charge on any atom is 0.412 e. The van der Waals surface area contributed by atoms with Gasteiger partial charge in [-0.25, -0.2) is 9.48 Å². The lowest BCUT2D eigenvalue weighted by atomic mass is 10.2. The Balaban J connectivity index is 1.36. The van der Waals surface area contributed by atoms with Crippen LogP contribution in [-0.4, -0.2) is 26.5 Å². The van der Waals surface area contributed by atoms with Crippen molar-refractivity contribution in [3.8, 4) is 0 Å². The summed E-state index contributed by atoms with van der Waals surface area (Å²) in [4.78, 5) is 31.9. The van der Waals surface area contributed by atoms with Crippen LogP contribution in [0.25, 0.3) is 21.7 Å². The van der Waals surface area contributed by atoms with Crippen molar-refractivity contribution >= 4 is 45.2 Å². The SMILES string of the molecule is CC(C)(C)OC(=O)Nc1cccc(Cn2ncc3cc(Sc4cccc5cccnc45)ccc3c2=O)c1. The van der Waals surface area contributed by atoms with E-state index in [-0.39, 0.29) is 12.1 Å². The van der Waals surface area contributed by atoms with E-state index in [1.165, 1.54) is 4.68 Å². The van der Waals surface area contributed by atoms with Gasteiger partial charge in [0.15, 0.2) is 0 Å². The number of benzene rings is 3. The number of nitrogens with one attached hydrogen (secondary N) is 1. The Morgan fingerprint density at radius 1 is 1.00 bits per heavy atom. The Morgan fingerprint density at radius 3 is 2.65 bits per heavy atom. The van der Waals surface area contributed by atoms with Crippen molar-refractivity contribution in [3.05, 3.63) is 101 Å². The van der Waals surface area contributed by atoms with Crippen LogP contribution in [0.5, 0.6) is 0 Å². The minimum Gasteiger partial charge on any atom is -0.444 e. The molecule has 2 aromatic heterocycles. The van der Waals surface area contributed by atoms with Crippen LogP contribution in [0, 0.1) is 0 Å². The fourth-order valence-corrected chi connectivity index (χ4v) is 4.96. The molecule has 0 atom stereocenters. The molecule has 0 fully saturated rings. The molecule has 0 aliphatic heterocycles. The van der Waals surface area contributed by atoms with Gasteiger partial charge in [0.2, 0.25) is 0 Å². The molecular formula is C29H26N4O3S. The first kappa shape index (κ1) is 24.5. The van der Waals surface area contributed by atoms with Gasteiger partial charge in [0.1, 0.15) is 5.60 Å². The van der Waals surface area contributed by atoms with E-state index in [1.54, 1.807) is 36.3 Å². The van der Waals surface area contributed by atoms with E-state index < -0.39 is 11.7 Å². The lowest BCUT2D eigenvalue weighted by Gasteiger charge is -2.19. The molecule has 5 rings (SSSR count). The fourth-order valence-electron chi connectivity index (χ4n) is 3.97. The third kappa shape index (κ3) is 5.81. The zero-order chi connectivity index (χ0) is 26.0. The number of hydrogen-bond acceptors (Lipinski definition) is 6. The van der Waals surface area contributed by atoms with Gasteiger partial charge in [0.05, 0.1) is 23.6 Å². The van der Waals surface area contributed by atoms with Gasteiger partial charge >= 0.3 is 6.09 Å². The zero-order valence-corrected chi connectivity index (χ0v) is 21.6. The van der Waals surface area contributed by atoms with E-state index in [1.807, 2.05) is 81.4 Å². The van der Waals surface area contributed by atoms with Gasteiger partial charge in [0.25, 0.3) is 5.56 Å². The first-order valence-corrected chi connectivity index (χ1v) is 12.7. The lowest BCUT2D eigenvalue weighted by Crippen LogP contribution is -2.27. The Bertz CT molecular complexity index is 1670. The standard InChI is InChI=1S/C29H26N4O3S/c1-29(2,3)36-28(35)32-22-10-4-7-19(15-22)18-33-27(34)24-13-12-23(16-21(24)17-31-33)37-25-11-5-8-20-9-6-14-30-26(20)25/h4-17H,18H2,1-3H3,(H,32,35). The number of anilines is 1. The first-order chi connectivity index (χ1) is 17.7. The summed E-state index contributed by atoms with van der Waals surface area (Å²) in [6.45, 7) is 5.70. The molecule has 8 heteroatoms. The number of fused-ring (bicyclic) bond motifs is 2. The van der Waals surface area contributed by atoms with Gasteiger partial charge in [-0.2, -0.15) is 5.10 Å². The van der Waals surface area contributed by atoms with Crippen molar-refractivity contribution in [2.75, 3.05) is 5.32 Å². The monoisotopic (exact) mass is 510 g/mol. The summed E-state index contributed by atoms with van der Waals surface area (Å²) in [5.41, 5.74) is 1.61. The van der Waals surface area contributed by atoms with Crippen molar-refractivity contribution < 1.29 is 9.53 Å². The highest BCUT2D eigenvalue weighted by atomic mass is 32.2.